The summed E-state index contributed by atoms with van der Waals surface area (Å²) < 4.78 is 0. The number of nitrogens with one attached hydrogen (secondary N) is 1. The molecule has 0 radical (unpaired) electrons. The first-order valence-corrected chi connectivity index (χ1v) is 12.3. The summed E-state index contributed by atoms with van der Waals surface area (Å²) in [6, 6.07) is 4.06. The van der Waals surface area contributed by atoms with Crippen LogP contribution in [0.4, 0.5) is 0 Å². The Morgan fingerprint density at radius 3 is 2.37 bits per heavy atom. The van der Waals surface area contributed by atoms with E-state index in [9.17, 15) is 9.59 Å². The highest BCUT2D eigenvalue weighted by molar-refractivity contribution is 7.80. The molecule has 1 spiro atoms. The number of thiocarbonyl (C=S) groups is 1. The van der Waals surface area contributed by atoms with Gasteiger partial charge in [0.15, 0.2) is 10.9 Å². The van der Waals surface area contributed by atoms with Crippen molar-refractivity contribution in [3.63, 3.8) is 0 Å². The Morgan fingerprint density at radius 2 is 1.77 bits per heavy atom. The molecular weight excluding hydrogens is 414 g/mol. The van der Waals surface area contributed by atoms with Crippen LogP contribution in [0.15, 0.2) is 24.3 Å². The van der Waals surface area contributed by atoms with Gasteiger partial charge >= 0.3 is 0 Å². The van der Waals surface area contributed by atoms with Gasteiger partial charge in [-0.25, -0.2) is 0 Å². The molecule has 1 aromatic rings. The van der Waals surface area contributed by atoms with Crippen molar-refractivity contribution in [2.24, 2.45) is 17.3 Å². The molecule has 30 heavy (non-hydrogen) atoms. The van der Waals surface area contributed by atoms with E-state index in [1.54, 1.807) is 19.1 Å². The number of piperidine rings is 1. The van der Waals surface area contributed by atoms with E-state index in [0.29, 0.717) is 21.7 Å². The highest BCUT2D eigenvalue weighted by Crippen LogP contribution is 2.42. The van der Waals surface area contributed by atoms with Crippen LogP contribution in [0.5, 0.6) is 0 Å². The van der Waals surface area contributed by atoms with Crippen molar-refractivity contribution >= 4 is 40.4 Å². The molecule has 1 aromatic heterocycles. The summed E-state index contributed by atoms with van der Waals surface area (Å²) in [5.74, 6) is 1.49. The summed E-state index contributed by atoms with van der Waals surface area (Å²) in [7, 11) is 0. The molecular formula is C23H29N3O2S2. The molecule has 1 N–H and O–H groups in total. The Labute approximate surface area is 187 Å². The van der Waals surface area contributed by atoms with Crippen LogP contribution in [0.2, 0.25) is 0 Å². The fourth-order valence-corrected chi connectivity index (χ4v) is 6.87. The lowest BCUT2D eigenvalue weighted by molar-refractivity contribution is 0.0603. The largest absolute Gasteiger partial charge is 0.359 e. The Hall–Kier alpha value is -1.73. The van der Waals surface area contributed by atoms with E-state index in [-0.39, 0.29) is 17.1 Å². The number of thiophene rings is 1. The standard InChI is InChI=1S/C23H29N3O2S2/c1-15(27)19-4-5-20(30-19)21(28)25-9-6-23(7-10-25)8-11-26(14-23)22(29)24-18-13-16-2-3-17(18)12-16/h2-5,16-18H,6-14H2,1H3,(H,24,29)/t16-,17+,18?/m0/s1. The summed E-state index contributed by atoms with van der Waals surface area (Å²) in [4.78, 5) is 30.0. The molecule has 160 valence electrons. The number of hydrogen-bond donors (Lipinski definition) is 1. The number of nitrogens with zero attached hydrogens (tertiary/aromatic N) is 2. The summed E-state index contributed by atoms with van der Waals surface area (Å²) in [6.45, 7) is 5.15. The number of allylic oxidation sites excluding steroid dienone is 1. The van der Waals surface area contributed by atoms with Crippen LogP contribution in [0, 0.1) is 17.3 Å². The van der Waals surface area contributed by atoms with Crippen molar-refractivity contribution < 1.29 is 9.59 Å². The minimum absolute atomic E-state index is 0.0220. The normalized spacial score (nSPS) is 29.0. The van der Waals surface area contributed by atoms with E-state index >= 15 is 0 Å². The lowest BCUT2D eigenvalue weighted by atomic mass is 9.78. The molecule has 3 heterocycles. The summed E-state index contributed by atoms with van der Waals surface area (Å²) in [5.41, 5.74) is 0.275. The van der Waals surface area contributed by atoms with Gasteiger partial charge in [0.2, 0.25) is 0 Å². The Kier molecular flexibility index (Phi) is 5.22. The van der Waals surface area contributed by atoms with Crippen molar-refractivity contribution in [1.29, 1.82) is 0 Å². The number of carbonyl (C=O) groups excluding carboxylic acids is 2. The molecule has 7 heteroatoms. The minimum Gasteiger partial charge on any atom is -0.359 e. The predicted octanol–water partition coefficient (Wildman–Crippen LogP) is 3.72. The molecule has 1 amide bonds. The lowest BCUT2D eigenvalue weighted by Crippen LogP contribution is -2.47. The second-order valence-electron chi connectivity index (χ2n) is 9.52. The van der Waals surface area contributed by atoms with Crippen molar-refractivity contribution in [1.82, 2.24) is 15.1 Å². The first-order valence-electron chi connectivity index (χ1n) is 11.1. The molecule has 2 aliphatic heterocycles. The predicted molar refractivity (Wildman–Crippen MR) is 123 cm³/mol. The SMILES string of the molecule is CC(=O)c1ccc(C(=O)N2CCC3(CC2)CCN(C(=S)NC2C[C@H]4C=C[C@@H]2C4)C3)s1. The monoisotopic (exact) mass is 443 g/mol. The second-order valence-corrected chi connectivity index (χ2v) is 11.0. The molecule has 4 aliphatic rings. The highest BCUT2D eigenvalue weighted by Gasteiger charge is 2.43. The third-order valence-electron chi connectivity index (χ3n) is 7.59. The van der Waals surface area contributed by atoms with Crippen LogP contribution in [0.1, 0.15) is 58.4 Å². The number of Topliss-reactive ketones (excluding diaryl/α,β-unsaturated/α-hetero) is 1. The first-order chi connectivity index (χ1) is 14.4. The van der Waals surface area contributed by atoms with Crippen molar-refractivity contribution in [3.8, 4) is 0 Å². The van der Waals surface area contributed by atoms with Gasteiger partial charge in [0.1, 0.15) is 0 Å². The number of amides is 1. The van der Waals surface area contributed by atoms with Crippen molar-refractivity contribution in [3.05, 3.63) is 34.0 Å². The smallest absolute Gasteiger partial charge is 0.263 e. The van der Waals surface area contributed by atoms with Crippen molar-refractivity contribution in [2.45, 2.75) is 45.1 Å². The third kappa shape index (κ3) is 3.71. The van der Waals surface area contributed by atoms with Gasteiger partial charge in [-0.2, -0.15) is 0 Å². The summed E-state index contributed by atoms with van der Waals surface area (Å²) in [6.07, 6.45) is 10.4. The minimum atomic E-state index is 0.0220. The molecule has 1 saturated carbocycles. The highest BCUT2D eigenvalue weighted by atomic mass is 32.1. The van der Waals surface area contributed by atoms with Crippen LogP contribution in [0.3, 0.4) is 0 Å². The van der Waals surface area contributed by atoms with Gasteiger partial charge in [0.25, 0.3) is 5.91 Å². The van der Waals surface area contributed by atoms with Gasteiger partial charge in [-0.15, -0.1) is 11.3 Å². The average molecular weight is 444 g/mol. The quantitative estimate of drug-likeness (QED) is 0.438. The van der Waals surface area contributed by atoms with E-state index in [1.807, 2.05) is 4.90 Å². The van der Waals surface area contributed by atoms with Gasteiger partial charge < -0.3 is 15.1 Å². The lowest BCUT2D eigenvalue weighted by Gasteiger charge is -2.39. The molecule has 3 atom stereocenters. The van der Waals surface area contributed by atoms with E-state index in [2.05, 4.69) is 22.4 Å². The topological polar surface area (TPSA) is 52.7 Å². The number of fused-ring (bicyclic) bond motifs is 2. The van der Waals surface area contributed by atoms with Crippen LogP contribution >= 0.6 is 23.6 Å². The maximum absolute atomic E-state index is 12.8. The summed E-state index contributed by atoms with van der Waals surface area (Å²) >= 11 is 7.08. The molecule has 1 unspecified atom stereocenters. The van der Waals surface area contributed by atoms with Gasteiger partial charge in [-0.1, -0.05) is 12.2 Å². The average Bonchev–Trinajstić information content (AvgIpc) is 3.52. The maximum atomic E-state index is 12.8. The van der Waals surface area contributed by atoms with Gasteiger partial charge in [0, 0.05) is 32.2 Å². The van der Waals surface area contributed by atoms with Crippen LogP contribution in [-0.4, -0.2) is 58.8 Å². The van der Waals surface area contributed by atoms with Gasteiger partial charge in [-0.05, 0) is 80.6 Å². The molecule has 3 fully saturated rings. The molecule has 0 aromatic carbocycles. The van der Waals surface area contributed by atoms with E-state index in [4.69, 9.17) is 12.2 Å². The molecule has 5 rings (SSSR count). The third-order valence-corrected chi connectivity index (χ3v) is 9.14. The van der Waals surface area contributed by atoms with E-state index in [1.165, 1.54) is 24.2 Å². The first kappa shape index (κ1) is 20.2. The fraction of sp³-hybridized carbons (Fsp3) is 0.609. The van der Waals surface area contributed by atoms with Crippen LogP contribution < -0.4 is 5.32 Å². The van der Waals surface area contributed by atoms with Crippen LogP contribution in [0.25, 0.3) is 0 Å². The number of rotatable bonds is 3. The number of carbonyl (C=O) groups is 2. The zero-order chi connectivity index (χ0) is 20.9. The Balaban J connectivity index is 1.14. The molecule has 2 bridgehead atoms. The molecule has 2 saturated heterocycles. The number of likely N-dealkylation sites (tertiary alicyclic amines) is 2. The van der Waals surface area contributed by atoms with E-state index < -0.39 is 0 Å². The zero-order valence-corrected chi connectivity index (χ0v) is 19.1. The van der Waals surface area contributed by atoms with Crippen LogP contribution in [-0.2, 0) is 0 Å². The molecule has 5 nitrogen and oxygen atoms in total. The van der Waals surface area contributed by atoms with E-state index in [0.717, 1.165) is 56.5 Å². The maximum Gasteiger partial charge on any atom is 0.263 e. The number of hydrogen-bond acceptors (Lipinski definition) is 4. The second kappa shape index (κ2) is 7.75. The Morgan fingerprint density at radius 1 is 1.07 bits per heavy atom. The molecule has 2 aliphatic carbocycles. The Bertz CT molecular complexity index is 900. The number of ketones is 1. The zero-order valence-electron chi connectivity index (χ0n) is 17.4. The van der Waals surface area contributed by atoms with Crippen molar-refractivity contribution in [2.75, 3.05) is 26.2 Å². The fourth-order valence-electron chi connectivity index (χ4n) is 5.70. The summed E-state index contributed by atoms with van der Waals surface area (Å²) in [5, 5.41) is 4.57. The van der Waals surface area contributed by atoms with Gasteiger partial charge in [-0.3, -0.25) is 9.59 Å². The van der Waals surface area contributed by atoms with Gasteiger partial charge in [0.05, 0.1) is 9.75 Å².